The highest BCUT2D eigenvalue weighted by molar-refractivity contribution is 14.1. The van der Waals surface area contributed by atoms with Gasteiger partial charge in [0.2, 0.25) is 5.91 Å². The number of methoxy groups -OCH3 is 1. The molecule has 58 valence electrons. The summed E-state index contributed by atoms with van der Waals surface area (Å²) in [4.78, 5) is 11.0. The first kappa shape index (κ1) is 8.26. The summed E-state index contributed by atoms with van der Waals surface area (Å²) >= 11 is 2.13. The van der Waals surface area contributed by atoms with Gasteiger partial charge in [-0.3, -0.25) is 4.79 Å². The molecule has 0 aliphatic carbocycles. The minimum atomic E-state index is -0.0885. The molecule has 10 heavy (non-hydrogen) atoms. The Morgan fingerprint density at radius 3 is 2.50 bits per heavy atom. The lowest BCUT2D eigenvalue weighted by atomic mass is 10.1. The largest absolute Gasteiger partial charge is 0.361 e. The van der Waals surface area contributed by atoms with Gasteiger partial charge in [0.15, 0.2) is 0 Å². The van der Waals surface area contributed by atoms with E-state index < -0.39 is 0 Å². The summed E-state index contributed by atoms with van der Waals surface area (Å²) in [6.07, 6.45) is -0.0885. The number of hydrogen-bond acceptors (Lipinski definition) is 2. The summed E-state index contributed by atoms with van der Waals surface area (Å²) in [5.74, 6) is 0.359. The third-order valence-corrected chi connectivity index (χ3v) is 3.43. The first-order valence-electron chi connectivity index (χ1n) is 3.14. The van der Waals surface area contributed by atoms with E-state index in [-0.39, 0.29) is 22.0 Å². The van der Waals surface area contributed by atoms with Crippen LogP contribution in [0.25, 0.3) is 0 Å². The summed E-state index contributed by atoms with van der Waals surface area (Å²) in [7, 11) is 1.61. The number of halogens is 1. The normalized spacial score (nSPS) is 39.9. The van der Waals surface area contributed by atoms with E-state index >= 15 is 0 Å². The number of carbonyl (C=O) groups is 1. The molecule has 1 fully saturated rings. The SMILES string of the molecule is COC1NC(=O)C(I)C1C. The van der Waals surface area contributed by atoms with Gasteiger partial charge >= 0.3 is 0 Å². The molecule has 1 heterocycles. The molecule has 0 aromatic rings. The molecule has 1 rings (SSSR count). The number of alkyl halides is 1. The minimum absolute atomic E-state index is 0.0579. The second-order valence-corrected chi connectivity index (χ2v) is 3.77. The molecule has 1 saturated heterocycles. The third kappa shape index (κ3) is 1.27. The van der Waals surface area contributed by atoms with Gasteiger partial charge in [0.05, 0.1) is 3.92 Å². The van der Waals surface area contributed by atoms with E-state index in [2.05, 4.69) is 27.9 Å². The monoisotopic (exact) mass is 255 g/mol. The Morgan fingerprint density at radius 2 is 2.30 bits per heavy atom. The van der Waals surface area contributed by atoms with E-state index in [1.807, 2.05) is 6.92 Å². The van der Waals surface area contributed by atoms with Crippen LogP contribution < -0.4 is 5.32 Å². The number of amides is 1. The predicted molar refractivity (Wildman–Crippen MR) is 45.9 cm³/mol. The van der Waals surface area contributed by atoms with Crippen molar-refractivity contribution in [3.63, 3.8) is 0 Å². The predicted octanol–water partition coefficient (Wildman–Crippen LogP) is 0.528. The van der Waals surface area contributed by atoms with Crippen LogP contribution in [0.2, 0.25) is 0 Å². The molecular weight excluding hydrogens is 245 g/mol. The van der Waals surface area contributed by atoms with Gasteiger partial charge in [-0.1, -0.05) is 29.5 Å². The molecule has 1 amide bonds. The lowest BCUT2D eigenvalue weighted by Crippen LogP contribution is -2.29. The molecule has 3 nitrogen and oxygen atoms in total. The van der Waals surface area contributed by atoms with Crippen LogP contribution in [0.4, 0.5) is 0 Å². The highest BCUT2D eigenvalue weighted by Crippen LogP contribution is 2.23. The zero-order valence-electron chi connectivity index (χ0n) is 5.93. The Bertz CT molecular complexity index is 151. The van der Waals surface area contributed by atoms with Gasteiger partial charge in [-0.25, -0.2) is 0 Å². The number of ether oxygens (including phenoxy) is 1. The molecule has 3 atom stereocenters. The van der Waals surface area contributed by atoms with E-state index in [0.29, 0.717) is 0 Å². The van der Waals surface area contributed by atoms with Gasteiger partial charge in [0, 0.05) is 13.0 Å². The smallest absolute Gasteiger partial charge is 0.235 e. The van der Waals surface area contributed by atoms with Crippen molar-refractivity contribution in [1.82, 2.24) is 5.32 Å². The van der Waals surface area contributed by atoms with Gasteiger partial charge in [0.1, 0.15) is 6.23 Å². The minimum Gasteiger partial charge on any atom is -0.361 e. The van der Waals surface area contributed by atoms with Crippen molar-refractivity contribution >= 4 is 28.5 Å². The molecule has 0 saturated carbocycles. The summed E-state index contributed by atoms with van der Waals surface area (Å²) in [5.41, 5.74) is 0. The molecule has 1 aliphatic rings. The van der Waals surface area contributed by atoms with E-state index in [9.17, 15) is 4.79 Å². The zero-order chi connectivity index (χ0) is 7.72. The van der Waals surface area contributed by atoms with Gasteiger partial charge in [-0.2, -0.15) is 0 Å². The lowest BCUT2D eigenvalue weighted by Gasteiger charge is -2.12. The van der Waals surface area contributed by atoms with E-state index in [1.165, 1.54) is 0 Å². The van der Waals surface area contributed by atoms with Crippen LogP contribution in [-0.4, -0.2) is 23.2 Å². The molecule has 3 unspecified atom stereocenters. The van der Waals surface area contributed by atoms with Crippen molar-refractivity contribution in [2.45, 2.75) is 17.1 Å². The van der Waals surface area contributed by atoms with Crippen LogP contribution in [0.3, 0.4) is 0 Å². The summed E-state index contributed by atoms with van der Waals surface area (Å²) < 4.78 is 5.09. The zero-order valence-corrected chi connectivity index (χ0v) is 8.08. The van der Waals surface area contributed by atoms with Crippen LogP contribution in [0.1, 0.15) is 6.92 Å². The Kier molecular flexibility index (Phi) is 2.51. The van der Waals surface area contributed by atoms with E-state index in [4.69, 9.17) is 4.74 Å². The maximum Gasteiger partial charge on any atom is 0.235 e. The van der Waals surface area contributed by atoms with Crippen LogP contribution in [0.15, 0.2) is 0 Å². The fraction of sp³-hybridized carbons (Fsp3) is 0.833. The molecule has 0 aromatic heterocycles. The van der Waals surface area contributed by atoms with Crippen molar-refractivity contribution in [3.05, 3.63) is 0 Å². The van der Waals surface area contributed by atoms with Crippen LogP contribution in [0, 0.1) is 5.92 Å². The number of nitrogens with one attached hydrogen (secondary N) is 1. The Balaban J connectivity index is 2.61. The van der Waals surface area contributed by atoms with Crippen LogP contribution >= 0.6 is 22.6 Å². The topological polar surface area (TPSA) is 38.3 Å². The Morgan fingerprint density at radius 1 is 1.70 bits per heavy atom. The lowest BCUT2D eigenvalue weighted by molar-refractivity contribution is -0.119. The second-order valence-electron chi connectivity index (χ2n) is 2.43. The summed E-state index contributed by atoms with van der Waals surface area (Å²) in [5, 5.41) is 2.73. The van der Waals surface area contributed by atoms with Crippen molar-refractivity contribution in [2.75, 3.05) is 7.11 Å². The fourth-order valence-electron chi connectivity index (χ4n) is 1.02. The standard InChI is InChI=1S/C6H10INO2/c1-3-4(7)5(9)8-6(3)10-2/h3-4,6H,1-2H3,(H,8,9). The van der Waals surface area contributed by atoms with Crippen LogP contribution in [-0.2, 0) is 9.53 Å². The molecule has 0 bridgehead atoms. The molecule has 1 N–H and O–H groups in total. The van der Waals surface area contributed by atoms with Gasteiger partial charge in [-0.15, -0.1) is 0 Å². The van der Waals surface area contributed by atoms with Crippen molar-refractivity contribution in [2.24, 2.45) is 5.92 Å². The van der Waals surface area contributed by atoms with Crippen LogP contribution in [0.5, 0.6) is 0 Å². The maximum absolute atomic E-state index is 11.0. The average molecular weight is 255 g/mol. The first-order valence-corrected chi connectivity index (χ1v) is 4.38. The van der Waals surface area contributed by atoms with Gasteiger partial charge in [0.25, 0.3) is 0 Å². The van der Waals surface area contributed by atoms with E-state index in [1.54, 1.807) is 7.11 Å². The number of hydrogen-bond donors (Lipinski definition) is 1. The quantitative estimate of drug-likeness (QED) is 0.548. The maximum atomic E-state index is 11.0. The highest BCUT2D eigenvalue weighted by Gasteiger charge is 2.37. The molecular formula is C6H10INO2. The summed E-state index contributed by atoms with van der Waals surface area (Å²) in [6.45, 7) is 2.00. The van der Waals surface area contributed by atoms with E-state index in [0.717, 1.165) is 0 Å². The third-order valence-electron chi connectivity index (χ3n) is 1.73. The molecule has 1 aliphatic heterocycles. The van der Waals surface area contributed by atoms with Gasteiger partial charge < -0.3 is 10.1 Å². The van der Waals surface area contributed by atoms with Crippen molar-refractivity contribution in [3.8, 4) is 0 Å². The number of rotatable bonds is 1. The Hall–Kier alpha value is 0.160. The molecule has 0 spiro atoms. The highest BCUT2D eigenvalue weighted by atomic mass is 127. The first-order chi connectivity index (χ1) is 4.66. The van der Waals surface area contributed by atoms with Crippen molar-refractivity contribution in [1.29, 1.82) is 0 Å². The Labute approximate surface area is 73.6 Å². The number of carbonyl (C=O) groups excluding carboxylic acids is 1. The molecule has 0 aromatic carbocycles. The average Bonchev–Trinajstić information content (AvgIpc) is 2.17. The van der Waals surface area contributed by atoms with Gasteiger partial charge in [-0.05, 0) is 0 Å². The fourth-order valence-corrected chi connectivity index (χ4v) is 1.57. The van der Waals surface area contributed by atoms with Crippen molar-refractivity contribution < 1.29 is 9.53 Å². The second kappa shape index (κ2) is 3.04. The summed E-state index contributed by atoms with van der Waals surface area (Å²) in [6, 6.07) is 0. The molecule has 0 radical (unpaired) electrons. The molecule has 4 heteroatoms.